The van der Waals surface area contributed by atoms with Crippen LogP contribution in [0.1, 0.15) is 198 Å². The van der Waals surface area contributed by atoms with E-state index in [1.807, 2.05) is 11.1 Å². The van der Waals surface area contributed by atoms with Gasteiger partial charge >= 0.3 is 0 Å². The van der Waals surface area contributed by atoms with E-state index in [0.29, 0.717) is 22.7 Å². The number of hydrogen-bond donors (Lipinski definition) is 0. The van der Waals surface area contributed by atoms with Gasteiger partial charge in [-0.2, -0.15) is 0 Å². The van der Waals surface area contributed by atoms with Gasteiger partial charge in [-0.05, 0) is 217 Å². The van der Waals surface area contributed by atoms with Crippen molar-refractivity contribution in [3.63, 3.8) is 0 Å². The molecule has 0 N–H and O–H groups in total. The zero-order chi connectivity index (χ0) is 42.3. The van der Waals surface area contributed by atoms with Gasteiger partial charge in [-0.15, -0.1) is 0 Å². The van der Waals surface area contributed by atoms with Crippen LogP contribution in [0.5, 0.6) is 0 Å². The van der Waals surface area contributed by atoms with E-state index in [1.54, 1.807) is 70.9 Å². The highest BCUT2D eigenvalue weighted by Gasteiger charge is 2.73. The number of fused-ring (bicyclic) bond motifs is 32. The summed E-state index contributed by atoms with van der Waals surface area (Å²) in [5, 5.41) is 13.0. The first-order valence-electron chi connectivity index (χ1n) is 27.4. The summed E-state index contributed by atoms with van der Waals surface area (Å²) in [5.41, 5.74) is 23.4. The van der Waals surface area contributed by atoms with Crippen molar-refractivity contribution in [1.29, 1.82) is 0 Å². The molecule has 0 saturated heterocycles. The lowest BCUT2D eigenvalue weighted by Crippen LogP contribution is -2.59. The second kappa shape index (κ2) is 9.60. The Morgan fingerprint density at radius 3 is 1.70 bits per heavy atom. The van der Waals surface area contributed by atoms with Gasteiger partial charge in [0.25, 0.3) is 0 Å². The van der Waals surface area contributed by atoms with Crippen molar-refractivity contribution in [2.45, 2.75) is 164 Å². The topological polar surface area (TPSA) is 34.6 Å². The van der Waals surface area contributed by atoms with Crippen molar-refractivity contribution in [2.75, 3.05) is 0 Å². The zero-order valence-electron chi connectivity index (χ0n) is 39.1. The molecule has 14 unspecified atom stereocenters. The molecule has 6 aromatic heterocycles. The maximum absolute atomic E-state index is 5.72. The van der Waals surface area contributed by atoms with Crippen LogP contribution in [-0.4, -0.2) is 18.8 Å². The smallest absolute Gasteiger partial charge is 0.0729 e. The normalized spacial score (nSPS) is 41.2. The standard InChI is InChI=1S/C62H58N4/c1-59(2)9-10-60(3,4)58-54(59)49-42(24-64-58)66-41-23-63-55-27-12-25-11-26(14-27)36(13-25)45(55)48(41)52-50-46-39(7-5-34-28-15-30-17-32-19-37(43(34)46)61(30,32)21-28)65-40-8-6-35-29-16-31-18-33-20-38(62(31,33)22-29)44(35)47(40)51(56(50)65)53(49)57(52)66/h5-8,23-33,36-38H,9-22H2,1-4H3. The highest BCUT2D eigenvalue weighted by molar-refractivity contribution is 6.46. The van der Waals surface area contributed by atoms with E-state index in [9.17, 15) is 0 Å². The minimum Gasteiger partial charge on any atom is -0.308 e. The summed E-state index contributed by atoms with van der Waals surface area (Å²) in [6.45, 7) is 10.1. The molecule has 21 rings (SSSR count). The second-order valence-corrected chi connectivity index (χ2v) is 27.8. The molecule has 8 fully saturated rings. The summed E-state index contributed by atoms with van der Waals surface area (Å²) < 4.78 is 5.77. The van der Waals surface area contributed by atoms with Crippen molar-refractivity contribution >= 4 is 76.2 Å². The third kappa shape index (κ3) is 3.01. The first kappa shape index (κ1) is 33.9. The number of pyridine rings is 2. The summed E-state index contributed by atoms with van der Waals surface area (Å²) in [7, 11) is 0. The number of hydrogen-bond acceptors (Lipinski definition) is 2. The molecule has 14 atom stereocenters. The highest BCUT2D eigenvalue weighted by Crippen LogP contribution is 2.84. The fourth-order valence-corrected chi connectivity index (χ4v) is 23.2. The average molecular weight is 859 g/mol. The maximum atomic E-state index is 5.72. The second-order valence-electron chi connectivity index (χ2n) is 27.8. The first-order chi connectivity index (χ1) is 32.1. The molecular weight excluding hydrogens is 801 g/mol. The van der Waals surface area contributed by atoms with Crippen molar-refractivity contribution in [1.82, 2.24) is 18.8 Å². The number of nitrogens with zero attached hydrogens (tertiary/aromatic N) is 4. The lowest BCUT2D eigenvalue weighted by atomic mass is 9.36. The Kier molecular flexibility index (Phi) is 4.94. The van der Waals surface area contributed by atoms with E-state index < -0.39 is 0 Å². The van der Waals surface area contributed by atoms with Crippen molar-refractivity contribution in [2.24, 2.45) is 46.3 Å². The Labute approximate surface area is 384 Å². The minimum atomic E-state index is 0.0207. The van der Waals surface area contributed by atoms with Crippen molar-refractivity contribution in [3.8, 4) is 0 Å². The van der Waals surface area contributed by atoms with Crippen LogP contribution in [0.3, 0.4) is 0 Å². The van der Waals surface area contributed by atoms with Gasteiger partial charge in [0.1, 0.15) is 0 Å². The van der Waals surface area contributed by atoms with Crippen LogP contribution >= 0.6 is 0 Å². The molecule has 9 aromatic rings. The highest BCUT2D eigenvalue weighted by atomic mass is 15.0. The van der Waals surface area contributed by atoms with Crippen LogP contribution in [0.2, 0.25) is 0 Å². The summed E-state index contributed by atoms with van der Waals surface area (Å²) in [4.78, 5) is 11.4. The van der Waals surface area contributed by atoms with Crippen LogP contribution in [0.15, 0.2) is 36.7 Å². The fraction of sp³-hybridized carbons (Fsp3) is 0.548. The lowest BCUT2D eigenvalue weighted by Gasteiger charge is -2.68. The molecule has 4 nitrogen and oxygen atoms in total. The Morgan fingerprint density at radius 1 is 0.485 bits per heavy atom. The predicted molar refractivity (Wildman–Crippen MR) is 264 cm³/mol. The predicted octanol–water partition coefficient (Wildman–Crippen LogP) is 15.1. The van der Waals surface area contributed by atoms with Gasteiger partial charge in [-0.25, -0.2) is 0 Å². The third-order valence-corrected chi connectivity index (χ3v) is 25.4. The van der Waals surface area contributed by atoms with Gasteiger partial charge in [-0.1, -0.05) is 39.8 Å². The van der Waals surface area contributed by atoms with Crippen LogP contribution in [0.4, 0.5) is 0 Å². The Hall–Kier alpha value is -4.44. The first-order valence-corrected chi connectivity index (χ1v) is 27.4. The fourth-order valence-electron chi connectivity index (χ4n) is 23.2. The molecule has 0 amide bonds. The molecule has 8 saturated carbocycles. The molecule has 326 valence electrons. The van der Waals surface area contributed by atoms with Crippen LogP contribution in [-0.2, 0) is 10.8 Å². The minimum absolute atomic E-state index is 0.0207. The van der Waals surface area contributed by atoms with Gasteiger partial charge in [0.15, 0.2) is 0 Å². The molecule has 3 aromatic carbocycles. The Balaban J connectivity index is 1.06. The molecule has 12 aliphatic carbocycles. The quantitative estimate of drug-likeness (QED) is 0.152. The molecule has 0 radical (unpaired) electrons. The van der Waals surface area contributed by atoms with E-state index in [0.717, 1.165) is 59.2 Å². The zero-order valence-corrected chi connectivity index (χ0v) is 39.1. The summed E-state index contributed by atoms with van der Waals surface area (Å²) in [6, 6.07) is 10.8. The SMILES string of the molecule is CC1(C)CCC(C)(C)c2c1ncc1c2c2c3c4c5c(ccc4n4c6ccc7c(c6c(c6c8c9c(ncc8n1c62)C1CC2CC(C1)C9C2)c34)C1CC2CC3CC7CC321)C1CC2CC3CC5C23C1. The molecule has 4 heteroatoms. The Bertz CT molecular complexity index is 3970. The molecule has 0 aliphatic heterocycles. The number of rotatable bonds is 0. The molecule has 2 spiro atoms. The van der Waals surface area contributed by atoms with Crippen molar-refractivity contribution in [3.05, 3.63) is 81.4 Å². The Morgan fingerprint density at radius 2 is 1.05 bits per heavy atom. The van der Waals surface area contributed by atoms with Crippen LogP contribution in [0, 0.1) is 46.3 Å². The van der Waals surface area contributed by atoms with Gasteiger partial charge in [0.05, 0.1) is 51.2 Å². The summed E-state index contributed by atoms with van der Waals surface area (Å²) >= 11 is 0. The number of benzene rings is 3. The largest absolute Gasteiger partial charge is 0.308 e. The summed E-state index contributed by atoms with van der Waals surface area (Å²) in [5.74, 6) is 9.74. The van der Waals surface area contributed by atoms with E-state index >= 15 is 0 Å². The monoisotopic (exact) mass is 858 g/mol. The lowest BCUT2D eigenvalue weighted by molar-refractivity contribution is -0.146. The van der Waals surface area contributed by atoms with Crippen LogP contribution < -0.4 is 0 Å². The van der Waals surface area contributed by atoms with Gasteiger partial charge in [0, 0.05) is 60.1 Å². The van der Waals surface area contributed by atoms with E-state index in [1.165, 1.54) is 129 Å². The molecule has 6 heterocycles. The van der Waals surface area contributed by atoms with Crippen LogP contribution in [0.25, 0.3) is 76.2 Å². The van der Waals surface area contributed by atoms with E-state index in [4.69, 9.17) is 9.97 Å². The van der Waals surface area contributed by atoms with E-state index in [2.05, 4.69) is 73.2 Å². The molecule has 12 aliphatic rings. The third-order valence-electron chi connectivity index (χ3n) is 25.4. The molecule has 7 bridgehead atoms. The van der Waals surface area contributed by atoms with Crippen molar-refractivity contribution < 1.29 is 0 Å². The van der Waals surface area contributed by atoms with Gasteiger partial charge in [-0.3, -0.25) is 9.97 Å². The van der Waals surface area contributed by atoms with E-state index in [-0.39, 0.29) is 10.8 Å². The van der Waals surface area contributed by atoms with Gasteiger partial charge < -0.3 is 8.80 Å². The number of aromatic nitrogens is 4. The van der Waals surface area contributed by atoms with Gasteiger partial charge in [0.2, 0.25) is 0 Å². The summed E-state index contributed by atoms with van der Waals surface area (Å²) in [6.07, 6.45) is 24.4. The molecule has 66 heavy (non-hydrogen) atoms. The maximum Gasteiger partial charge on any atom is 0.0729 e. The molecular formula is C62H58N4. The average Bonchev–Trinajstić information content (AvgIpc) is 4.16.